The molecule has 0 aromatic carbocycles. The van der Waals surface area contributed by atoms with Crippen LogP contribution in [0.2, 0.25) is 0 Å². The van der Waals surface area contributed by atoms with E-state index in [9.17, 15) is 4.79 Å². The molecule has 0 atom stereocenters. The minimum Gasteiger partial charge on any atom is -0.335 e. The first-order valence-electron chi connectivity index (χ1n) is 8.74. The van der Waals surface area contributed by atoms with Gasteiger partial charge in [0, 0.05) is 30.7 Å². The number of likely N-dealkylation sites (N-methyl/N-ethyl adjacent to an activating group) is 1. The second kappa shape index (κ2) is 6.38. The van der Waals surface area contributed by atoms with Crippen molar-refractivity contribution >= 4 is 16.9 Å². The zero-order valence-corrected chi connectivity index (χ0v) is 15.0. The smallest absolute Gasteiger partial charge is 0.255 e. The lowest BCUT2D eigenvalue weighted by Crippen LogP contribution is -2.32. The zero-order chi connectivity index (χ0) is 17.4. The minimum atomic E-state index is 0.0399. The Kier molecular flexibility index (Phi) is 4.43. The summed E-state index contributed by atoms with van der Waals surface area (Å²) >= 11 is 0. The highest BCUT2D eigenvalue weighted by atomic mass is 16.2. The molecular formula is C19H26N4O. The molecule has 1 amide bonds. The van der Waals surface area contributed by atoms with E-state index in [0.717, 1.165) is 40.7 Å². The number of hydrogen-bond acceptors (Lipinski definition) is 3. The second-order valence-corrected chi connectivity index (χ2v) is 7.07. The summed E-state index contributed by atoms with van der Waals surface area (Å²) in [6.07, 6.45) is 4.09. The number of hydrogen-bond donors (Lipinski definition) is 0. The zero-order valence-electron chi connectivity index (χ0n) is 15.0. The Labute approximate surface area is 143 Å². The number of amides is 1. The molecule has 0 N–H and O–H groups in total. The highest BCUT2D eigenvalue weighted by molar-refractivity contribution is 6.05. The van der Waals surface area contributed by atoms with Crippen LogP contribution < -0.4 is 0 Å². The molecule has 1 aliphatic rings. The molecule has 2 heterocycles. The van der Waals surface area contributed by atoms with Gasteiger partial charge in [-0.3, -0.25) is 4.79 Å². The second-order valence-electron chi connectivity index (χ2n) is 7.07. The van der Waals surface area contributed by atoms with Crippen LogP contribution >= 0.6 is 0 Å². The number of pyridine rings is 1. The van der Waals surface area contributed by atoms with Gasteiger partial charge < -0.3 is 4.90 Å². The van der Waals surface area contributed by atoms with E-state index in [1.54, 1.807) is 6.20 Å². The van der Waals surface area contributed by atoms with Crippen LogP contribution in [0.5, 0.6) is 0 Å². The maximum absolute atomic E-state index is 13.1. The quantitative estimate of drug-likeness (QED) is 0.756. The third-order valence-corrected chi connectivity index (χ3v) is 4.43. The lowest BCUT2D eigenvalue weighted by Gasteiger charge is -2.21. The molecule has 1 saturated carbocycles. The Morgan fingerprint density at radius 1 is 1.46 bits per heavy atom. The van der Waals surface area contributed by atoms with Crippen LogP contribution in [-0.2, 0) is 0 Å². The van der Waals surface area contributed by atoms with Gasteiger partial charge in [-0.25, -0.2) is 9.67 Å². The van der Waals surface area contributed by atoms with E-state index in [0.29, 0.717) is 19.0 Å². The van der Waals surface area contributed by atoms with Gasteiger partial charge in [-0.05, 0) is 46.6 Å². The minimum absolute atomic E-state index is 0.0399. The highest BCUT2D eigenvalue weighted by Crippen LogP contribution is 2.40. The molecule has 5 heteroatoms. The van der Waals surface area contributed by atoms with E-state index in [2.05, 4.69) is 25.5 Å². The van der Waals surface area contributed by atoms with Crippen LogP contribution in [0.25, 0.3) is 11.0 Å². The van der Waals surface area contributed by atoms with Crippen molar-refractivity contribution in [2.75, 3.05) is 13.1 Å². The molecule has 2 aromatic rings. The lowest BCUT2D eigenvalue weighted by molar-refractivity contribution is 0.0780. The van der Waals surface area contributed by atoms with Crippen LogP contribution in [0.4, 0.5) is 0 Å². The molecular weight excluding hydrogens is 300 g/mol. The standard InChI is InChI=1S/C19H26N4O/c1-6-22(11-12(2)3)19(24)15-9-17(14-7-8-14)21-18-16(15)10-20-23(18)13(4)5/h9-10,13-14H,2,6-8,11H2,1,3-5H3. The van der Waals surface area contributed by atoms with Gasteiger partial charge in [0.05, 0.1) is 17.1 Å². The Bertz CT molecular complexity index is 786. The van der Waals surface area contributed by atoms with Gasteiger partial charge in [-0.2, -0.15) is 5.10 Å². The largest absolute Gasteiger partial charge is 0.335 e. The summed E-state index contributed by atoms with van der Waals surface area (Å²) in [6.45, 7) is 13.3. The monoisotopic (exact) mass is 326 g/mol. The summed E-state index contributed by atoms with van der Waals surface area (Å²) in [5.74, 6) is 0.533. The highest BCUT2D eigenvalue weighted by Gasteiger charge is 2.29. The maximum atomic E-state index is 13.1. The SMILES string of the molecule is C=C(C)CN(CC)C(=O)c1cc(C2CC2)nc2c1cnn2C(C)C. The van der Waals surface area contributed by atoms with E-state index in [1.807, 2.05) is 29.5 Å². The molecule has 1 aliphatic carbocycles. The van der Waals surface area contributed by atoms with E-state index >= 15 is 0 Å². The lowest BCUT2D eigenvalue weighted by atomic mass is 10.1. The number of fused-ring (bicyclic) bond motifs is 1. The fourth-order valence-electron chi connectivity index (χ4n) is 3.00. The third-order valence-electron chi connectivity index (χ3n) is 4.43. The van der Waals surface area contributed by atoms with Gasteiger partial charge in [0.15, 0.2) is 5.65 Å². The van der Waals surface area contributed by atoms with Crippen molar-refractivity contribution in [1.82, 2.24) is 19.7 Å². The van der Waals surface area contributed by atoms with Crippen molar-refractivity contribution in [3.63, 3.8) is 0 Å². The third kappa shape index (κ3) is 3.07. The number of aromatic nitrogens is 3. The Morgan fingerprint density at radius 2 is 2.17 bits per heavy atom. The van der Waals surface area contributed by atoms with Gasteiger partial charge in [0.1, 0.15) is 0 Å². The Hall–Kier alpha value is -2.17. The van der Waals surface area contributed by atoms with Crippen molar-refractivity contribution in [2.45, 2.75) is 52.5 Å². The van der Waals surface area contributed by atoms with Gasteiger partial charge in [0.2, 0.25) is 0 Å². The van der Waals surface area contributed by atoms with E-state index in [-0.39, 0.29) is 11.9 Å². The summed E-state index contributed by atoms with van der Waals surface area (Å²) in [4.78, 5) is 19.8. The van der Waals surface area contributed by atoms with E-state index in [1.165, 1.54) is 0 Å². The molecule has 2 aromatic heterocycles. The predicted molar refractivity (Wildman–Crippen MR) is 96.3 cm³/mol. The molecule has 0 bridgehead atoms. The number of rotatable bonds is 6. The van der Waals surface area contributed by atoms with Crippen LogP contribution in [-0.4, -0.2) is 38.7 Å². The molecule has 0 radical (unpaired) electrons. The predicted octanol–water partition coefficient (Wildman–Crippen LogP) is 3.93. The average Bonchev–Trinajstić information content (AvgIpc) is 3.29. The number of carbonyl (C=O) groups is 1. The van der Waals surface area contributed by atoms with E-state index in [4.69, 9.17) is 4.98 Å². The molecule has 128 valence electrons. The van der Waals surface area contributed by atoms with Crippen LogP contribution in [0, 0.1) is 0 Å². The number of carbonyl (C=O) groups excluding carboxylic acids is 1. The normalized spacial score (nSPS) is 14.4. The molecule has 3 rings (SSSR count). The van der Waals surface area contributed by atoms with Crippen LogP contribution in [0.3, 0.4) is 0 Å². The summed E-state index contributed by atoms with van der Waals surface area (Å²) in [6, 6.07) is 2.19. The van der Waals surface area contributed by atoms with Gasteiger partial charge in [-0.1, -0.05) is 12.2 Å². The van der Waals surface area contributed by atoms with Crippen molar-refractivity contribution in [1.29, 1.82) is 0 Å². The van der Waals surface area contributed by atoms with E-state index < -0.39 is 0 Å². The first-order valence-corrected chi connectivity index (χ1v) is 8.74. The molecule has 0 spiro atoms. The average molecular weight is 326 g/mol. The van der Waals surface area contributed by atoms with Gasteiger partial charge in [0.25, 0.3) is 5.91 Å². The number of nitrogens with zero attached hydrogens (tertiary/aromatic N) is 4. The molecule has 0 unspecified atom stereocenters. The molecule has 0 aliphatic heterocycles. The fourth-order valence-corrected chi connectivity index (χ4v) is 3.00. The maximum Gasteiger partial charge on any atom is 0.255 e. The van der Waals surface area contributed by atoms with Gasteiger partial charge in [-0.15, -0.1) is 0 Å². The Morgan fingerprint density at radius 3 is 2.71 bits per heavy atom. The van der Waals surface area contributed by atoms with Gasteiger partial charge >= 0.3 is 0 Å². The summed E-state index contributed by atoms with van der Waals surface area (Å²) in [5, 5.41) is 5.32. The topological polar surface area (TPSA) is 51.0 Å². The molecule has 1 fully saturated rings. The van der Waals surface area contributed by atoms with Crippen molar-refractivity contribution < 1.29 is 4.79 Å². The van der Waals surface area contributed by atoms with Crippen LogP contribution in [0.15, 0.2) is 24.4 Å². The van der Waals surface area contributed by atoms with Crippen LogP contribution in [0.1, 0.15) is 68.5 Å². The Balaban J connectivity index is 2.11. The molecule has 5 nitrogen and oxygen atoms in total. The molecule has 0 saturated heterocycles. The van der Waals surface area contributed by atoms with Crippen molar-refractivity contribution in [2.24, 2.45) is 0 Å². The summed E-state index contributed by atoms with van der Waals surface area (Å²) in [5.41, 5.74) is 3.55. The van der Waals surface area contributed by atoms with Crippen molar-refractivity contribution in [3.05, 3.63) is 35.7 Å². The summed E-state index contributed by atoms with van der Waals surface area (Å²) in [7, 11) is 0. The van der Waals surface area contributed by atoms with Crippen molar-refractivity contribution in [3.8, 4) is 0 Å². The first-order chi connectivity index (χ1) is 11.4. The molecule has 24 heavy (non-hydrogen) atoms. The first kappa shape index (κ1) is 16.7. The fraction of sp³-hybridized carbons (Fsp3) is 0.526. The summed E-state index contributed by atoms with van der Waals surface area (Å²) < 4.78 is 1.91.